The lowest BCUT2D eigenvalue weighted by Crippen LogP contribution is -2.20. The van der Waals surface area contributed by atoms with E-state index in [1.807, 2.05) is 0 Å². The Bertz CT molecular complexity index is 361. The fraction of sp³-hybridized carbons (Fsp3) is 0.714. The van der Waals surface area contributed by atoms with Crippen LogP contribution in [0.2, 0.25) is 0 Å². The van der Waals surface area contributed by atoms with Crippen molar-refractivity contribution in [2.24, 2.45) is 17.8 Å². The highest BCUT2D eigenvalue weighted by Crippen LogP contribution is 2.62. The van der Waals surface area contributed by atoms with Gasteiger partial charge in [0.2, 0.25) is 0 Å². The molecule has 0 spiro atoms. The zero-order chi connectivity index (χ0) is 11.1. The molecule has 1 N–H and O–H groups in total. The molecule has 2 aliphatic carbocycles. The Morgan fingerprint density at radius 2 is 2.12 bits per heavy atom. The molecule has 3 unspecified atom stereocenters. The van der Waals surface area contributed by atoms with Crippen molar-refractivity contribution in [2.75, 3.05) is 7.05 Å². The van der Waals surface area contributed by atoms with Crippen LogP contribution in [0, 0.1) is 17.8 Å². The average Bonchev–Trinajstić information content (AvgIpc) is 2.77. The minimum Gasteiger partial charge on any atom is -0.464 e. The Morgan fingerprint density at radius 1 is 1.38 bits per heavy atom. The molecule has 0 aromatic carbocycles. The van der Waals surface area contributed by atoms with Gasteiger partial charge in [-0.1, -0.05) is 13.3 Å². The molecule has 0 saturated heterocycles. The number of rotatable bonds is 4. The first-order valence-corrected chi connectivity index (χ1v) is 6.61. The summed E-state index contributed by atoms with van der Waals surface area (Å²) in [6.45, 7) is 2.14. The first-order chi connectivity index (χ1) is 7.85. The molecule has 1 heterocycles. The minimum absolute atomic E-state index is 0.454. The van der Waals surface area contributed by atoms with Gasteiger partial charge in [-0.25, -0.2) is 0 Å². The molecule has 2 saturated carbocycles. The summed E-state index contributed by atoms with van der Waals surface area (Å²) in [4.78, 5) is 0. The van der Waals surface area contributed by atoms with E-state index < -0.39 is 0 Å². The third-order valence-corrected chi connectivity index (χ3v) is 4.51. The van der Waals surface area contributed by atoms with Crippen LogP contribution >= 0.6 is 0 Å². The highest BCUT2D eigenvalue weighted by Gasteiger charge is 2.56. The number of aryl methyl sites for hydroxylation is 1. The van der Waals surface area contributed by atoms with Gasteiger partial charge in [-0.15, -0.1) is 0 Å². The number of nitrogens with one attached hydrogen (secondary N) is 1. The van der Waals surface area contributed by atoms with Crippen molar-refractivity contribution in [2.45, 2.75) is 38.6 Å². The number of fused-ring (bicyclic) bond motifs is 1. The average molecular weight is 219 g/mol. The predicted octanol–water partition coefficient (Wildman–Crippen LogP) is 3.15. The zero-order valence-electron chi connectivity index (χ0n) is 10.2. The van der Waals surface area contributed by atoms with Crippen LogP contribution in [-0.4, -0.2) is 7.05 Å². The van der Waals surface area contributed by atoms with Crippen LogP contribution in [0.25, 0.3) is 0 Å². The van der Waals surface area contributed by atoms with Gasteiger partial charge in [0.05, 0.1) is 6.04 Å². The van der Waals surface area contributed by atoms with Crippen molar-refractivity contribution in [1.82, 2.24) is 5.32 Å². The smallest absolute Gasteiger partial charge is 0.121 e. The van der Waals surface area contributed by atoms with Gasteiger partial charge in [-0.05, 0) is 49.8 Å². The Labute approximate surface area is 97.4 Å². The summed E-state index contributed by atoms with van der Waals surface area (Å²) in [5.41, 5.74) is 0. The summed E-state index contributed by atoms with van der Waals surface area (Å²) in [7, 11) is 2.06. The molecule has 2 nitrogen and oxygen atoms in total. The van der Waals surface area contributed by atoms with Gasteiger partial charge < -0.3 is 9.73 Å². The first-order valence-electron chi connectivity index (χ1n) is 6.61. The Kier molecular flexibility index (Phi) is 2.55. The summed E-state index contributed by atoms with van der Waals surface area (Å²) < 4.78 is 5.89. The van der Waals surface area contributed by atoms with Crippen LogP contribution in [0.5, 0.6) is 0 Å². The lowest BCUT2D eigenvalue weighted by atomic mass is 10.0. The summed E-state index contributed by atoms with van der Waals surface area (Å²) in [6.07, 6.45) is 5.32. The quantitative estimate of drug-likeness (QED) is 0.841. The normalized spacial score (nSPS) is 33.8. The molecular weight excluding hydrogens is 198 g/mol. The third kappa shape index (κ3) is 1.51. The zero-order valence-corrected chi connectivity index (χ0v) is 10.2. The summed E-state index contributed by atoms with van der Waals surface area (Å²) in [6, 6.07) is 4.74. The highest BCUT2D eigenvalue weighted by atomic mass is 16.3. The van der Waals surface area contributed by atoms with Crippen LogP contribution in [0.15, 0.2) is 16.5 Å². The van der Waals surface area contributed by atoms with Crippen LogP contribution < -0.4 is 5.32 Å². The van der Waals surface area contributed by atoms with Crippen molar-refractivity contribution in [3.8, 4) is 0 Å². The molecule has 1 aromatic heterocycles. The van der Waals surface area contributed by atoms with E-state index in [1.54, 1.807) is 0 Å². The van der Waals surface area contributed by atoms with Gasteiger partial charge in [0, 0.05) is 6.42 Å². The van der Waals surface area contributed by atoms with E-state index >= 15 is 0 Å². The molecule has 1 aromatic rings. The van der Waals surface area contributed by atoms with E-state index in [-0.39, 0.29) is 0 Å². The summed E-state index contributed by atoms with van der Waals surface area (Å²) in [5, 5.41) is 3.45. The molecule has 0 radical (unpaired) electrons. The maximum Gasteiger partial charge on any atom is 0.121 e. The van der Waals surface area contributed by atoms with Crippen molar-refractivity contribution in [3.05, 3.63) is 23.7 Å². The van der Waals surface area contributed by atoms with Gasteiger partial charge >= 0.3 is 0 Å². The summed E-state index contributed by atoms with van der Waals surface area (Å²) >= 11 is 0. The number of hydrogen-bond donors (Lipinski definition) is 1. The van der Waals surface area contributed by atoms with Crippen molar-refractivity contribution < 1.29 is 4.42 Å². The molecule has 3 atom stereocenters. The molecule has 2 fully saturated rings. The fourth-order valence-electron chi connectivity index (χ4n) is 3.65. The Hall–Kier alpha value is -0.760. The topological polar surface area (TPSA) is 25.2 Å². The van der Waals surface area contributed by atoms with E-state index in [0.29, 0.717) is 6.04 Å². The molecule has 16 heavy (non-hydrogen) atoms. The summed E-state index contributed by atoms with van der Waals surface area (Å²) in [5.74, 6) is 5.06. The molecule has 0 amide bonds. The van der Waals surface area contributed by atoms with Crippen LogP contribution in [0.4, 0.5) is 0 Å². The van der Waals surface area contributed by atoms with Gasteiger partial charge in [-0.3, -0.25) is 0 Å². The molecule has 2 heteroatoms. The predicted molar refractivity (Wildman–Crippen MR) is 64.2 cm³/mol. The van der Waals surface area contributed by atoms with E-state index in [9.17, 15) is 0 Å². The third-order valence-electron chi connectivity index (χ3n) is 4.51. The van der Waals surface area contributed by atoms with Crippen molar-refractivity contribution in [1.29, 1.82) is 0 Å². The SMILES string of the molecule is CCc1ccc(C(NC)C2C3CCCC32)o1. The monoisotopic (exact) mass is 219 g/mol. The highest BCUT2D eigenvalue weighted by molar-refractivity contribution is 5.17. The maximum atomic E-state index is 5.89. The van der Waals surface area contributed by atoms with Crippen LogP contribution in [0.3, 0.4) is 0 Å². The van der Waals surface area contributed by atoms with Gasteiger partial charge in [-0.2, -0.15) is 0 Å². The lowest BCUT2D eigenvalue weighted by molar-refractivity contribution is 0.355. The minimum atomic E-state index is 0.454. The fourth-order valence-corrected chi connectivity index (χ4v) is 3.65. The number of hydrogen-bond acceptors (Lipinski definition) is 2. The molecule has 0 bridgehead atoms. The van der Waals surface area contributed by atoms with Crippen molar-refractivity contribution >= 4 is 0 Å². The van der Waals surface area contributed by atoms with E-state index in [0.717, 1.165) is 35.7 Å². The largest absolute Gasteiger partial charge is 0.464 e. The molecule has 88 valence electrons. The van der Waals surface area contributed by atoms with Gasteiger partial charge in [0.1, 0.15) is 11.5 Å². The Balaban J connectivity index is 1.76. The standard InChI is InChI=1S/C14H21NO/c1-3-9-7-8-12(16-9)14(15-2)13-10-5-4-6-11(10)13/h7-8,10-11,13-15H,3-6H2,1-2H3. The second kappa shape index (κ2) is 3.92. The Morgan fingerprint density at radius 3 is 2.69 bits per heavy atom. The lowest BCUT2D eigenvalue weighted by Gasteiger charge is -2.15. The molecular formula is C14H21NO. The van der Waals surface area contributed by atoms with Crippen LogP contribution in [0.1, 0.15) is 43.7 Å². The van der Waals surface area contributed by atoms with E-state index in [2.05, 4.69) is 31.4 Å². The molecule has 2 aliphatic rings. The second-order valence-corrected chi connectivity index (χ2v) is 5.26. The van der Waals surface area contributed by atoms with Crippen molar-refractivity contribution in [3.63, 3.8) is 0 Å². The van der Waals surface area contributed by atoms with E-state index in [4.69, 9.17) is 4.42 Å². The van der Waals surface area contributed by atoms with Crippen LogP contribution in [-0.2, 0) is 6.42 Å². The first kappa shape index (κ1) is 10.4. The van der Waals surface area contributed by atoms with E-state index in [1.165, 1.54) is 19.3 Å². The molecule has 3 rings (SSSR count). The maximum absolute atomic E-state index is 5.89. The van der Waals surface area contributed by atoms with Gasteiger partial charge in [0.15, 0.2) is 0 Å². The second-order valence-electron chi connectivity index (χ2n) is 5.26. The molecule has 0 aliphatic heterocycles. The van der Waals surface area contributed by atoms with Gasteiger partial charge in [0.25, 0.3) is 0 Å². The number of furan rings is 1.